The molecule has 1 rings (SSSR count). The maximum atomic E-state index is 11.3. The molecule has 80 valence electrons. The lowest BCUT2D eigenvalue weighted by Crippen LogP contribution is -2.42. The molecule has 1 heterocycles. The molecule has 1 aliphatic rings. The fourth-order valence-corrected chi connectivity index (χ4v) is 1.89. The number of hydrogen-bond acceptors (Lipinski definition) is 3. The minimum absolute atomic E-state index is 0.109. The minimum atomic E-state index is -0.913. The first-order valence-corrected chi connectivity index (χ1v) is 4.86. The second-order valence-electron chi connectivity index (χ2n) is 4.14. The van der Waals surface area contributed by atoms with Crippen molar-refractivity contribution < 1.29 is 19.4 Å². The molecule has 0 spiro atoms. The Bertz CT molecular complexity index is 249. The van der Waals surface area contributed by atoms with Crippen molar-refractivity contribution in [3.8, 4) is 0 Å². The number of rotatable bonds is 2. The number of hydrogen-bond donors (Lipinski definition) is 1. The largest absolute Gasteiger partial charge is 0.481 e. The molecular formula is C10H16O4. The number of carbonyl (C=O) groups is 2. The van der Waals surface area contributed by atoms with E-state index < -0.39 is 18.0 Å². The Morgan fingerprint density at radius 1 is 1.57 bits per heavy atom. The number of ether oxygens (including phenoxy) is 1. The fourth-order valence-electron chi connectivity index (χ4n) is 1.89. The second-order valence-corrected chi connectivity index (χ2v) is 4.14. The lowest BCUT2D eigenvalue weighted by atomic mass is 9.84. The van der Waals surface area contributed by atoms with Crippen LogP contribution in [0.3, 0.4) is 0 Å². The number of aliphatic carboxylic acids is 1. The second kappa shape index (κ2) is 3.98. The molecule has 1 aliphatic heterocycles. The summed E-state index contributed by atoms with van der Waals surface area (Å²) in [5, 5.41) is 8.81. The van der Waals surface area contributed by atoms with E-state index in [1.807, 2.05) is 6.92 Å². The van der Waals surface area contributed by atoms with Crippen LogP contribution in [-0.4, -0.2) is 23.1 Å². The van der Waals surface area contributed by atoms with Crippen molar-refractivity contribution in [2.24, 2.45) is 17.8 Å². The molecule has 1 saturated heterocycles. The van der Waals surface area contributed by atoms with Gasteiger partial charge in [0.1, 0.15) is 6.10 Å². The van der Waals surface area contributed by atoms with Gasteiger partial charge >= 0.3 is 11.9 Å². The van der Waals surface area contributed by atoms with Crippen molar-refractivity contribution >= 4 is 11.9 Å². The first-order chi connectivity index (χ1) is 6.43. The van der Waals surface area contributed by atoms with Crippen LogP contribution < -0.4 is 0 Å². The Labute approximate surface area is 83.2 Å². The van der Waals surface area contributed by atoms with Gasteiger partial charge < -0.3 is 9.84 Å². The molecule has 0 bridgehead atoms. The van der Waals surface area contributed by atoms with Gasteiger partial charge in [0.05, 0.1) is 11.8 Å². The third-order valence-corrected chi connectivity index (χ3v) is 2.82. The monoisotopic (exact) mass is 200 g/mol. The van der Waals surface area contributed by atoms with Crippen molar-refractivity contribution in [3.63, 3.8) is 0 Å². The van der Waals surface area contributed by atoms with Gasteiger partial charge in [0.25, 0.3) is 0 Å². The summed E-state index contributed by atoms with van der Waals surface area (Å²) in [5.74, 6) is -1.80. The Kier molecular flexibility index (Phi) is 3.13. The molecule has 0 aromatic rings. The first-order valence-electron chi connectivity index (χ1n) is 4.86. The van der Waals surface area contributed by atoms with Crippen LogP contribution in [-0.2, 0) is 14.3 Å². The smallest absolute Gasteiger partial charge is 0.309 e. The maximum absolute atomic E-state index is 11.3. The SMILES string of the molecule is CC1CC(C)C(C(C)C(=O)O)OC1=O. The molecule has 0 saturated carbocycles. The number of esters is 1. The van der Waals surface area contributed by atoms with Crippen molar-refractivity contribution in [2.75, 3.05) is 0 Å². The molecule has 4 nitrogen and oxygen atoms in total. The molecule has 0 radical (unpaired) electrons. The summed E-state index contributed by atoms with van der Waals surface area (Å²) in [5.41, 5.74) is 0. The normalized spacial score (nSPS) is 34.8. The summed E-state index contributed by atoms with van der Waals surface area (Å²) in [6, 6.07) is 0. The Balaban J connectivity index is 2.70. The average Bonchev–Trinajstić information content (AvgIpc) is 2.10. The molecule has 4 atom stereocenters. The van der Waals surface area contributed by atoms with Crippen LogP contribution in [0.5, 0.6) is 0 Å². The zero-order valence-corrected chi connectivity index (χ0v) is 8.69. The van der Waals surface area contributed by atoms with Crippen molar-refractivity contribution in [3.05, 3.63) is 0 Å². The average molecular weight is 200 g/mol. The van der Waals surface area contributed by atoms with E-state index >= 15 is 0 Å². The summed E-state index contributed by atoms with van der Waals surface area (Å²) in [7, 11) is 0. The Morgan fingerprint density at radius 2 is 2.14 bits per heavy atom. The number of carbonyl (C=O) groups excluding carboxylic acids is 1. The topological polar surface area (TPSA) is 63.6 Å². The first kappa shape index (κ1) is 11.0. The van der Waals surface area contributed by atoms with Gasteiger partial charge in [-0.1, -0.05) is 13.8 Å². The van der Waals surface area contributed by atoms with E-state index in [9.17, 15) is 9.59 Å². The predicted octanol–water partition coefficient (Wildman–Crippen LogP) is 1.29. The van der Waals surface area contributed by atoms with Crippen molar-refractivity contribution in [2.45, 2.75) is 33.3 Å². The number of carboxylic acid groups (broad SMARTS) is 1. The van der Waals surface area contributed by atoms with Crippen molar-refractivity contribution in [1.29, 1.82) is 0 Å². The highest BCUT2D eigenvalue weighted by atomic mass is 16.5. The predicted molar refractivity (Wildman–Crippen MR) is 49.6 cm³/mol. The van der Waals surface area contributed by atoms with Crippen LogP contribution in [0.2, 0.25) is 0 Å². The van der Waals surface area contributed by atoms with Gasteiger partial charge in [-0.2, -0.15) is 0 Å². The molecule has 0 aliphatic carbocycles. The number of cyclic esters (lactones) is 1. The van der Waals surface area contributed by atoms with E-state index in [0.717, 1.165) is 0 Å². The van der Waals surface area contributed by atoms with E-state index in [1.54, 1.807) is 13.8 Å². The van der Waals surface area contributed by atoms with Gasteiger partial charge in [0.2, 0.25) is 0 Å². The quantitative estimate of drug-likeness (QED) is 0.682. The lowest BCUT2D eigenvalue weighted by molar-refractivity contribution is -0.172. The summed E-state index contributed by atoms with van der Waals surface area (Å²) >= 11 is 0. The van der Waals surface area contributed by atoms with E-state index in [1.165, 1.54) is 0 Å². The molecule has 0 aromatic carbocycles. The summed E-state index contributed by atoms with van der Waals surface area (Å²) in [6.45, 7) is 5.31. The zero-order valence-electron chi connectivity index (χ0n) is 8.69. The van der Waals surface area contributed by atoms with Gasteiger partial charge in [-0.25, -0.2) is 0 Å². The Hall–Kier alpha value is -1.06. The van der Waals surface area contributed by atoms with Gasteiger partial charge in [0, 0.05) is 0 Å². The molecule has 1 N–H and O–H groups in total. The maximum Gasteiger partial charge on any atom is 0.309 e. The zero-order chi connectivity index (χ0) is 10.9. The van der Waals surface area contributed by atoms with Crippen molar-refractivity contribution in [1.82, 2.24) is 0 Å². The van der Waals surface area contributed by atoms with Crippen LogP contribution in [0.15, 0.2) is 0 Å². The highest BCUT2D eigenvalue weighted by Gasteiger charge is 2.38. The third-order valence-electron chi connectivity index (χ3n) is 2.82. The number of carboxylic acids is 1. The van der Waals surface area contributed by atoms with Gasteiger partial charge in [-0.15, -0.1) is 0 Å². The van der Waals surface area contributed by atoms with E-state index in [2.05, 4.69) is 0 Å². The van der Waals surface area contributed by atoms with Crippen LogP contribution in [0.1, 0.15) is 27.2 Å². The van der Waals surface area contributed by atoms with Crippen LogP contribution >= 0.6 is 0 Å². The van der Waals surface area contributed by atoms with Gasteiger partial charge in [0.15, 0.2) is 0 Å². The van der Waals surface area contributed by atoms with Crippen LogP contribution in [0.25, 0.3) is 0 Å². The van der Waals surface area contributed by atoms with E-state index in [4.69, 9.17) is 9.84 Å². The van der Waals surface area contributed by atoms with E-state index in [-0.39, 0.29) is 17.8 Å². The highest BCUT2D eigenvalue weighted by Crippen LogP contribution is 2.29. The standard InChI is InChI=1S/C10H16O4/c1-5-4-6(2)10(13)14-8(5)7(3)9(11)12/h5-8H,4H2,1-3H3,(H,11,12). The molecule has 0 aromatic heterocycles. The molecule has 0 amide bonds. The minimum Gasteiger partial charge on any atom is -0.481 e. The third kappa shape index (κ3) is 2.05. The fraction of sp³-hybridized carbons (Fsp3) is 0.800. The van der Waals surface area contributed by atoms with Crippen LogP contribution in [0.4, 0.5) is 0 Å². The molecular weight excluding hydrogens is 184 g/mol. The van der Waals surface area contributed by atoms with E-state index in [0.29, 0.717) is 6.42 Å². The highest BCUT2D eigenvalue weighted by molar-refractivity contribution is 5.75. The molecule has 4 heteroatoms. The summed E-state index contributed by atoms with van der Waals surface area (Å²) in [4.78, 5) is 22.0. The van der Waals surface area contributed by atoms with Gasteiger partial charge in [-0.3, -0.25) is 9.59 Å². The van der Waals surface area contributed by atoms with Gasteiger partial charge in [-0.05, 0) is 19.3 Å². The molecule has 1 fully saturated rings. The molecule has 14 heavy (non-hydrogen) atoms. The Morgan fingerprint density at radius 3 is 2.64 bits per heavy atom. The summed E-state index contributed by atoms with van der Waals surface area (Å²) < 4.78 is 5.11. The lowest BCUT2D eigenvalue weighted by Gasteiger charge is -2.34. The summed E-state index contributed by atoms with van der Waals surface area (Å²) in [6.07, 6.45) is 0.234. The molecule has 4 unspecified atom stereocenters. The van der Waals surface area contributed by atoms with Crippen LogP contribution in [0, 0.1) is 17.8 Å².